The van der Waals surface area contributed by atoms with Crippen molar-refractivity contribution in [3.63, 3.8) is 0 Å². The van der Waals surface area contributed by atoms with E-state index in [0.29, 0.717) is 19.7 Å². The smallest absolute Gasteiger partial charge is 0.211 e. The molecular weight excluding hydrogens is 192 g/mol. The summed E-state index contributed by atoms with van der Waals surface area (Å²) in [5.74, 6) is 0. The first-order chi connectivity index (χ1) is 5.95. The first kappa shape index (κ1) is 10.9. The van der Waals surface area contributed by atoms with Gasteiger partial charge < -0.3 is 10.5 Å². The second kappa shape index (κ2) is 3.91. The van der Waals surface area contributed by atoms with E-state index >= 15 is 0 Å². The monoisotopic (exact) mass is 208 g/mol. The van der Waals surface area contributed by atoms with Crippen LogP contribution in [-0.2, 0) is 14.8 Å². The summed E-state index contributed by atoms with van der Waals surface area (Å²) in [5.41, 5.74) is 5.41. The summed E-state index contributed by atoms with van der Waals surface area (Å²) in [7, 11) is -3.12. The zero-order chi connectivity index (χ0) is 10.1. The van der Waals surface area contributed by atoms with Crippen LogP contribution in [0.2, 0.25) is 0 Å². The number of hydrogen-bond donors (Lipinski definition) is 1. The molecule has 0 radical (unpaired) electrons. The van der Waals surface area contributed by atoms with Crippen molar-refractivity contribution in [3.8, 4) is 0 Å². The maximum Gasteiger partial charge on any atom is 0.211 e. The van der Waals surface area contributed by atoms with E-state index in [1.165, 1.54) is 10.6 Å². The van der Waals surface area contributed by atoms with Gasteiger partial charge in [-0.3, -0.25) is 0 Å². The summed E-state index contributed by atoms with van der Waals surface area (Å²) in [6.07, 6.45) is 1.05. The minimum Gasteiger partial charge on any atom is -0.374 e. The van der Waals surface area contributed by atoms with Gasteiger partial charge in [-0.2, -0.15) is 4.31 Å². The highest BCUT2D eigenvalue weighted by molar-refractivity contribution is 7.88. The van der Waals surface area contributed by atoms with Crippen molar-refractivity contribution < 1.29 is 13.2 Å². The van der Waals surface area contributed by atoms with Crippen molar-refractivity contribution in [1.82, 2.24) is 4.31 Å². The first-order valence-corrected chi connectivity index (χ1v) is 6.08. The van der Waals surface area contributed by atoms with Gasteiger partial charge >= 0.3 is 0 Å². The molecule has 0 aromatic heterocycles. The number of sulfonamides is 1. The van der Waals surface area contributed by atoms with Crippen molar-refractivity contribution in [1.29, 1.82) is 0 Å². The fraction of sp³-hybridized carbons (Fsp3) is 1.00. The van der Waals surface area contributed by atoms with Gasteiger partial charge in [-0.15, -0.1) is 0 Å². The summed E-state index contributed by atoms with van der Waals surface area (Å²) < 4.78 is 29.3. The van der Waals surface area contributed by atoms with Gasteiger partial charge in [0.1, 0.15) is 0 Å². The molecule has 78 valence electrons. The van der Waals surface area contributed by atoms with Crippen LogP contribution in [0.15, 0.2) is 0 Å². The van der Waals surface area contributed by atoms with E-state index < -0.39 is 10.0 Å². The van der Waals surface area contributed by atoms with E-state index in [-0.39, 0.29) is 12.1 Å². The van der Waals surface area contributed by atoms with Gasteiger partial charge in [0.05, 0.1) is 19.0 Å². The Kier molecular flexibility index (Phi) is 3.28. The predicted molar refractivity (Wildman–Crippen MR) is 49.8 cm³/mol. The van der Waals surface area contributed by atoms with Crippen LogP contribution >= 0.6 is 0 Å². The second-order valence-electron chi connectivity index (χ2n) is 3.37. The molecule has 1 fully saturated rings. The van der Waals surface area contributed by atoms with E-state index in [0.717, 1.165) is 0 Å². The van der Waals surface area contributed by atoms with Crippen LogP contribution in [0.3, 0.4) is 0 Å². The highest BCUT2D eigenvalue weighted by atomic mass is 32.2. The summed E-state index contributed by atoms with van der Waals surface area (Å²) >= 11 is 0. The van der Waals surface area contributed by atoms with Crippen molar-refractivity contribution in [2.24, 2.45) is 5.73 Å². The number of rotatable bonds is 2. The second-order valence-corrected chi connectivity index (χ2v) is 5.31. The van der Waals surface area contributed by atoms with Crippen LogP contribution in [-0.4, -0.2) is 50.8 Å². The SMILES string of the molecule is CC1COC(CN)CN1S(C)(=O)=O. The van der Waals surface area contributed by atoms with E-state index in [1.807, 2.05) is 6.92 Å². The molecule has 0 spiro atoms. The summed E-state index contributed by atoms with van der Waals surface area (Å²) in [4.78, 5) is 0. The Hall–Kier alpha value is -0.170. The Morgan fingerprint density at radius 1 is 1.62 bits per heavy atom. The average molecular weight is 208 g/mol. The van der Waals surface area contributed by atoms with E-state index in [1.54, 1.807) is 0 Å². The maximum atomic E-state index is 11.3. The Balaban J connectivity index is 2.71. The van der Waals surface area contributed by atoms with Crippen LogP contribution in [0.5, 0.6) is 0 Å². The fourth-order valence-electron chi connectivity index (χ4n) is 1.40. The number of ether oxygens (including phenoxy) is 1. The van der Waals surface area contributed by atoms with Crippen LogP contribution in [0.1, 0.15) is 6.92 Å². The maximum absolute atomic E-state index is 11.3. The molecule has 0 saturated carbocycles. The van der Waals surface area contributed by atoms with Crippen LogP contribution in [0.4, 0.5) is 0 Å². The zero-order valence-electron chi connectivity index (χ0n) is 7.93. The van der Waals surface area contributed by atoms with Gasteiger partial charge in [-0.05, 0) is 6.92 Å². The molecule has 0 bridgehead atoms. The quantitative estimate of drug-likeness (QED) is 0.631. The van der Waals surface area contributed by atoms with Crippen molar-refractivity contribution >= 4 is 10.0 Å². The molecule has 6 heteroatoms. The van der Waals surface area contributed by atoms with Crippen LogP contribution in [0, 0.1) is 0 Å². The highest BCUT2D eigenvalue weighted by Gasteiger charge is 2.31. The largest absolute Gasteiger partial charge is 0.374 e. The summed E-state index contributed by atoms with van der Waals surface area (Å²) in [6, 6.07) is -0.0854. The van der Waals surface area contributed by atoms with Crippen molar-refractivity contribution in [3.05, 3.63) is 0 Å². The number of nitrogens with zero attached hydrogens (tertiary/aromatic N) is 1. The molecule has 1 rings (SSSR count). The van der Waals surface area contributed by atoms with Gasteiger partial charge in [-0.25, -0.2) is 8.42 Å². The molecule has 0 amide bonds. The number of morpholine rings is 1. The van der Waals surface area contributed by atoms with Gasteiger partial charge in [-0.1, -0.05) is 0 Å². The molecule has 1 aliphatic heterocycles. The third-order valence-electron chi connectivity index (χ3n) is 2.14. The zero-order valence-corrected chi connectivity index (χ0v) is 8.75. The van der Waals surface area contributed by atoms with Crippen LogP contribution < -0.4 is 5.73 Å². The molecule has 0 aromatic carbocycles. The molecule has 2 unspecified atom stereocenters. The average Bonchev–Trinajstić information content (AvgIpc) is 2.03. The van der Waals surface area contributed by atoms with E-state index in [4.69, 9.17) is 10.5 Å². The van der Waals surface area contributed by atoms with Crippen molar-refractivity contribution in [2.75, 3.05) is 26.0 Å². The lowest BCUT2D eigenvalue weighted by Crippen LogP contribution is -2.52. The molecule has 2 atom stereocenters. The van der Waals surface area contributed by atoms with Gasteiger partial charge in [0.25, 0.3) is 0 Å². The molecule has 1 saturated heterocycles. The van der Waals surface area contributed by atoms with Gasteiger partial charge in [0.2, 0.25) is 10.0 Å². The molecule has 0 aromatic rings. The molecule has 13 heavy (non-hydrogen) atoms. The molecule has 5 nitrogen and oxygen atoms in total. The van der Waals surface area contributed by atoms with Gasteiger partial charge in [0.15, 0.2) is 0 Å². The van der Waals surface area contributed by atoms with Crippen LogP contribution in [0.25, 0.3) is 0 Å². The Morgan fingerprint density at radius 2 is 2.23 bits per heavy atom. The minimum absolute atomic E-state index is 0.0854. The highest BCUT2D eigenvalue weighted by Crippen LogP contribution is 2.14. The summed E-state index contributed by atoms with van der Waals surface area (Å²) in [5, 5.41) is 0. The fourth-order valence-corrected chi connectivity index (χ4v) is 2.55. The topological polar surface area (TPSA) is 72.6 Å². The minimum atomic E-state index is -3.12. The first-order valence-electron chi connectivity index (χ1n) is 4.23. The lowest BCUT2D eigenvalue weighted by molar-refractivity contribution is -0.0217. The number of hydrogen-bond acceptors (Lipinski definition) is 4. The summed E-state index contributed by atoms with van der Waals surface area (Å²) in [6.45, 7) is 2.98. The van der Waals surface area contributed by atoms with Crippen molar-refractivity contribution in [2.45, 2.75) is 19.1 Å². The molecule has 2 N–H and O–H groups in total. The number of nitrogens with two attached hydrogens (primary N) is 1. The standard InChI is InChI=1S/C7H16N2O3S/c1-6-5-12-7(3-8)4-9(6)13(2,10)11/h6-7H,3-5,8H2,1-2H3. The lowest BCUT2D eigenvalue weighted by atomic mass is 10.2. The third-order valence-corrected chi connectivity index (χ3v) is 3.50. The lowest BCUT2D eigenvalue weighted by Gasteiger charge is -2.35. The van der Waals surface area contributed by atoms with Gasteiger partial charge in [0, 0.05) is 19.1 Å². The normalized spacial score (nSPS) is 31.9. The Bertz CT molecular complexity index is 265. The third kappa shape index (κ3) is 2.63. The molecule has 0 aliphatic carbocycles. The van der Waals surface area contributed by atoms with E-state index in [2.05, 4.69) is 0 Å². The Morgan fingerprint density at radius 3 is 2.69 bits per heavy atom. The van der Waals surface area contributed by atoms with E-state index in [9.17, 15) is 8.42 Å². The molecule has 1 aliphatic rings. The molecule has 1 heterocycles. The predicted octanol–water partition coefficient (Wildman–Crippen LogP) is -1.01. The Labute approximate surface area is 78.9 Å². The molecular formula is C7H16N2O3S.